The third-order valence-electron chi connectivity index (χ3n) is 8.89. The van der Waals surface area contributed by atoms with Crippen LogP contribution < -0.4 is 0 Å². The Hall–Kier alpha value is -1.77. The number of allylic oxidation sites excluding steroid dienone is 1. The van der Waals surface area contributed by atoms with Gasteiger partial charge in [0.1, 0.15) is 12.4 Å². The van der Waals surface area contributed by atoms with Gasteiger partial charge in [-0.05, 0) is 37.5 Å². The standard InChI is InChI=1S/C37H66O8/c1-4-5-14-20-30(39)24-25-33-32(34(40)26-35(33)41)21-16-12-13-18-23-37(43)45-31(27-38)28-44-36(42)22-17-11-9-7-6-8-10-15-19-29(2)3/h24-25,29-34,38-40H,4-23,26-28H2,1-3H3/b25-24+/t30-,31-,32+,33+,34-/m0/s1. The number of unbranched alkanes of at least 4 members (excludes halogenated alkanes) is 12. The molecule has 3 N–H and O–H groups in total. The van der Waals surface area contributed by atoms with E-state index in [2.05, 4.69) is 20.8 Å². The van der Waals surface area contributed by atoms with Crippen molar-refractivity contribution in [1.82, 2.24) is 0 Å². The quantitative estimate of drug-likeness (QED) is 0.0459. The van der Waals surface area contributed by atoms with Crippen LogP contribution in [0.5, 0.6) is 0 Å². The highest BCUT2D eigenvalue weighted by Crippen LogP contribution is 2.34. The van der Waals surface area contributed by atoms with Crippen LogP contribution in [-0.4, -0.2) is 64.6 Å². The molecule has 0 spiro atoms. The molecule has 0 saturated heterocycles. The van der Waals surface area contributed by atoms with Crippen molar-refractivity contribution in [3.63, 3.8) is 0 Å². The number of hydrogen-bond donors (Lipinski definition) is 3. The van der Waals surface area contributed by atoms with Crippen LogP contribution in [0.4, 0.5) is 0 Å². The van der Waals surface area contributed by atoms with Crippen LogP contribution in [0.15, 0.2) is 12.2 Å². The lowest BCUT2D eigenvalue weighted by atomic mass is 9.88. The average molecular weight is 639 g/mol. The summed E-state index contributed by atoms with van der Waals surface area (Å²) >= 11 is 0. The summed E-state index contributed by atoms with van der Waals surface area (Å²) in [4.78, 5) is 36.7. The first kappa shape index (κ1) is 41.3. The minimum Gasteiger partial charge on any atom is -0.462 e. The smallest absolute Gasteiger partial charge is 0.306 e. The Balaban J connectivity index is 2.14. The van der Waals surface area contributed by atoms with Crippen molar-refractivity contribution in [2.75, 3.05) is 13.2 Å². The number of rotatable bonds is 28. The van der Waals surface area contributed by atoms with Gasteiger partial charge in [-0.3, -0.25) is 14.4 Å². The van der Waals surface area contributed by atoms with Gasteiger partial charge in [0, 0.05) is 25.2 Å². The third-order valence-corrected chi connectivity index (χ3v) is 8.89. The van der Waals surface area contributed by atoms with Gasteiger partial charge in [-0.25, -0.2) is 0 Å². The van der Waals surface area contributed by atoms with Gasteiger partial charge < -0.3 is 24.8 Å². The first-order valence-electron chi connectivity index (χ1n) is 18.2. The van der Waals surface area contributed by atoms with Gasteiger partial charge in [-0.1, -0.05) is 123 Å². The number of Topliss-reactive ketones (excluding diaryl/α,β-unsaturated/α-hetero) is 1. The molecule has 8 nitrogen and oxygen atoms in total. The fraction of sp³-hybridized carbons (Fsp3) is 0.865. The third kappa shape index (κ3) is 20.9. The van der Waals surface area contributed by atoms with Gasteiger partial charge in [-0.2, -0.15) is 0 Å². The Kier molecular flexibility index (Phi) is 24.1. The second-order valence-corrected chi connectivity index (χ2v) is 13.6. The molecule has 0 unspecified atom stereocenters. The normalized spacial score (nSPS) is 19.8. The molecule has 0 amide bonds. The number of carbonyl (C=O) groups excluding carboxylic acids is 3. The van der Waals surface area contributed by atoms with E-state index in [0.717, 1.165) is 70.1 Å². The SMILES string of the molecule is CCCCC[C@H](O)/C=C/[C@H]1C(=O)C[C@H](O)[C@@H]1CCCCCCC(=O)O[C@@H](CO)COC(=O)CCCCCCCCCCC(C)C. The molecule has 45 heavy (non-hydrogen) atoms. The number of ketones is 1. The molecule has 262 valence electrons. The van der Waals surface area contributed by atoms with E-state index in [1.165, 1.54) is 38.5 Å². The van der Waals surface area contributed by atoms with Crippen LogP contribution >= 0.6 is 0 Å². The number of esters is 2. The van der Waals surface area contributed by atoms with Crippen LogP contribution in [0.2, 0.25) is 0 Å². The molecule has 5 atom stereocenters. The van der Waals surface area contributed by atoms with E-state index in [1.54, 1.807) is 12.2 Å². The molecule has 0 aromatic carbocycles. The Morgan fingerprint density at radius 3 is 2.04 bits per heavy atom. The second-order valence-electron chi connectivity index (χ2n) is 13.6. The highest BCUT2D eigenvalue weighted by atomic mass is 16.6. The van der Waals surface area contributed by atoms with Crippen molar-refractivity contribution in [2.45, 2.75) is 174 Å². The summed E-state index contributed by atoms with van der Waals surface area (Å²) in [5, 5.41) is 30.1. The van der Waals surface area contributed by atoms with E-state index in [0.29, 0.717) is 19.3 Å². The zero-order valence-corrected chi connectivity index (χ0v) is 28.8. The lowest BCUT2D eigenvalue weighted by Crippen LogP contribution is -2.28. The number of aliphatic hydroxyl groups excluding tert-OH is 3. The summed E-state index contributed by atoms with van der Waals surface area (Å²) < 4.78 is 10.5. The number of carbonyl (C=O) groups is 3. The lowest BCUT2D eigenvalue weighted by Gasteiger charge is -2.19. The average Bonchev–Trinajstić information content (AvgIpc) is 3.27. The zero-order valence-electron chi connectivity index (χ0n) is 28.8. The predicted octanol–water partition coefficient (Wildman–Crippen LogP) is 7.39. The largest absolute Gasteiger partial charge is 0.462 e. The molecule has 0 aromatic heterocycles. The van der Waals surface area contributed by atoms with Crippen LogP contribution in [0.1, 0.15) is 156 Å². The monoisotopic (exact) mass is 638 g/mol. The summed E-state index contributed by atoms with van der Waals surface area (Å²) in [5.74, 6) is -0.412. The lowest BCUT2D eigenvalue weighted by molar-refractivity contribution is -0.161. The van der Waals surface area contributed by atoms with E-state index in [1.807, 2.05) is 0 Å². The van der Waals surface area contributed by atoms with Crippen molar-refractivity contribution >= 4 is 17.7 Å². The van der Waals surface area contributed by atoms with Gasteiger partial charge >= 0.3 is 11.9 Å². The fourth-order valence-electron chi connectivity index (χ4n) is 6.05. The maximum Gasteiger partial charge on any atom is 0.306 e. The summed E-state index contributed by atoms with van der Waals surface area (Å²) in [6, 6.07) is 0. The van der Waals surface area contributed by atoms with Gasteiger partial charge in [-0.15, -0.1) is 0 Å². The maximum atomic E-state index is 12.4. The van der Waals surface area contributed by atoms with Crippen molar-refractivity contribution in [2.24, 2.45) is 17.8 Å². The maximum absolute atomic E-state index is 12.4. The molecule has 1 rings (SSSR count). The Labute approximate surface area is 273 Å². The predicted molar refractivity (Wildman–Crippen MR) is 179 cm³/mol. The van der Waals surface area contributed by atoms with E-state index < -0.39 is 30.9 Å². The van der Waals surface area contributed by atoms with Crippen molar-refractivity contribution in [3.05, 3.63) is 12.2 Å². The molecule has 8 heteroatoms. The Bertz CT molecular complexity index is 810. The molecule has 0 bridgehead atoms. The van der Waals surface area contributed by atoms with Gasteiger partial charge in [0.05, 0.1) is 18.8 Å². The molecule has 0 aliphatic heterocycles. The van der Waals surface area contributed by atoms with E-state index in [4.69, 9.17) is 9.47 Å². The minimum absolute atomic E-state index is 0.0324. The number of ether oxygens (including phenoxy) is 2. The summed E-state index contributed by atoms with van der Waals surface area (Å²) in [7, 11) is 0. The number of aliphatic hydroxyl groups is 3. The van der Waals surface area contributed by atoms with Crippen LogP contribution in [0, 0.1) is 17.8 Å². The van der Waals surface area contributed by atoms with Crippen molar-refractivity contribution in [3.8, 4) is 0 Å². The molecule has 0 radical (unpaired) electrons. The molecule has 1 aliphatic rings. The molecular formula is C37H66O8. The van der Waals surface area contributed by atoms with E-state index in [9.17, 15) is 29.7 Å². The van der Waals surface area contributed by atoms with Crippen LogP contribution in [0.3, 0.4) is 0 Å². The molecule has 1 aliphatic carbocycles. The summed E-state index contributed by atoms with van der Waals surface area (Å²) in [6.07, 6.45) is 20.4. The molecule has 0 heterocycles. The molecule has 1 saturated carbocycles. The highest BCUT2D eigenvalue weighted by molar-refractivity contribution is 5.86. The van der Waals surface area contributed by atoms with Crippen molar-refractivity contribution in [1.29, 1.82) is 0 Å². The van der Waals surface area contributed by atoms with Gasteiger partial charge in [0.15, 0.2) is 6.10 Å². The summed E-state index contributed by atoms with van der Waals surface area (Å²) in [5.41, 5.74) is 0. The van der Waals surface area contributed by atoms with Gasteiger partial charge in [0.25, 0.3) is 0 Å². The zero-order chi connectivity index (χ0) is 33.3. The van der Waals surface area contributed by atoms with Crippen molar-refractivity contribution < 1.29 is 39.2 Å². The highest BCUT2D eigenvalue weighted by Gasteiger charge is 2.39. The Morgan fingerprint density at radius 2 is 1.42 bits per heavy atom. The minimum atomic E-state index is -0.853. The first-order valence-corrected chi connectivity index (χ1v) is 18.2. The van der Waals surface area contributed by atoms with Gasteiger partial charge in [0.2, 0.25) is 0 Å². The van der Waals surface area contributed by atoms with Crippen LogP contribution in [-0.2, 0) is 23.9 Å². The molecule has 1 fully saturated rings. The molecular weight excluding hydrogens is 572 g/mol. The second kappa shape index (κ2) is 26.3. The fourth-order valence-corrected chi connectivity index (χ4v) is 6.05. The Morgan fingerprint density at radius 1 is 0.844 bits per heavy atom. The first-order chi connectivity index (χ1) is 21.7. The van der Waals surface area contributed by atoms with E-state index in [-0.39, 0.29) is 43.0 Å². The summed E-state index contributed by atoms with van der Waals surface area (Å²) in [6.45, 7) is 6.12. The number of hydrogen-bond acceptors (Lipinski definition) is 8. The molecule has 0 aromatic rings. The van der Waals surface area contributed by atoms with Crippen LogP contribution in [0.25, 0.3) is 0 Å². The van der Waals surface area contributed by atoms with E-state index >= 15 is 0 Å². The topological polar surface area (TPSA) is 130 Å².